The number of aromatic hydroxyl groups is 2. The van der Waals surface area contributed by atoms with Crippen LogP contribution in [0.4, 0.5) is 13.2 Å². The number of carboxylic acids is 3. The maximum absolute atomic E-state index is 14.0. The Morgan fingerprint density at radius 3 is 1.27 bits per heavy atom. The van der Waals surface area contributed by atoms with Crippen LogP contribution in [0, 0.1) is 5.92 Å². The van der Waals surface area contributed by atoms with E-state index in [0.717, 1.165) is 0 Å². The molecule has 8 atom stereocenters. The van der Waals surface area contributed by atoms with Crippen LogP contribution in [0.5, 0.6) is 11.5 Å². The van der Waals surface area contributed by atoms with E-state index in [-0.39, 0.29) is 43.1 Å². The summed E-state index contributed by atoms with van der Waals surface area (Å²) in [6, 6.07) is -1.93. The van der Waals surface area contributed by atoms with Crippen LogP contribution in [0.2, 0.25) is 0 Å². The minimum atomic E-state index is -5.08. The lowest BCUT2D eigenvalue weighted by molar-refractivity contribution is -0.192. The van der Waals surface area contributed by atoms with Gasteiger partial charge in [-0.3, -0.25) is 52.7 Å². The zero-order chi connectivity index (χ0) is 61.2. The number of halogens is 3. The smallest absolute Gasteiger partial charge is 0.490 e. The summed E-state index contributed by atoms with van der Waals surface area (Å²) in [5.74, 6) is -17.4. The maximum atomic E-state index is 14.0. The Morgan fingerprint density at radius 2 is 0.850 bits per heavy atom. The number of carbonyl (C=O) groups excluding carboxylic acids is 10. The molecule has 29 nitrogen and oxygen atoms in total. The highest BCUT2D eigenvalue weighted by atomic mass is 32.1. The molecule has 0 bridgehead atoms. The van der Waals surface area contributed by atoms with Gasteiger partial charge in [0.25, 0.3) is 0 Å². The van der Waals surface area contributed by atoms with Gasteiger partial charge in [0.2, 0.25) is 59.1 Å². The Kier molecular flexibility index (Phi) is 29.0. The second-order valence-electron chi connectivity index (χ2n) is 18.0. The summed E-state index contributed by atoms with van der Waals surface area (Å²) in [7, 11) is 0. The number of hydrogen-bond acceptors (Lipinski definition) is 17. The van der Waals surface area contributed by atoms with Gasteiger partial charge in [-0.1, -0.05) is 38.1 Å². The molecule has 10 amide bonds. The Morgan fingerprint density at radius 1 is 0.500 bits per heavy atom. The number of amides is 10. The summed E-state index contributed by atoms with van der Waals surface area (Å²) in [5.41, 5.74) is 22.8. The highest BCUT2D eigenvalue weighted by molar-refractivity contribution is 7.80. The molecule has 2 aromatic rings. The molecule has 2 rings (SSSR count). The quantitative estimate of drug-likeness (QED) is 0.0312. The van der Waals surface area contributed by atoms with E-state index in [9.17, 15) is 91.1 Å². The number of aliphatic carboxylic acids is 3. The van der Waals surface area contributed by atoms with E-state index in [2.05, 4.69) is 49.8 Å². The van der Waals surface area contributed by atoms with Gasteiger partial charge in [0.15, 0.2) is 0 Å². The topological polar surface area (TPSA) is 511 Å². The van der Waals surface area contributed by atoms with Crippen molar-refractivity contribution in [1.29, 1.82) is 0 Å². The van der Waals surface area contributed by atoms with E-state index in [0.29, 0.717) is 11.1 Å². The SMILES string of the molecule is CC(C)CC(NC(=O)C(CCC(N)=O)NC(=O)C(N)Cc1ccc(O)cc1)C(=O)NC(CCC(=O)O)C(=O)NC(CC(N)=O)C(=O)NC(Cc1ccc(O)cc1)C(=O)NC(CS)C(=O)NC(CC(N)=O)C(=O)O.O=C(O)C(F)(F)F. The molecule has 2 aromatic carbocycles. The Bertz CT molecular complexity index is 2540. The normalized spacial score (nSPS) is 13.9. The molecule has 0 spiro atoms. The zero-order valence-electron chi connectivity index (χ0n) is 42.8. The van der Waals surface area contributed by atoms with Crippen molar-refractivity contribution in [3.05, 3.63) is 59.7 Å². The van der Waals surface area contributed by atoms with Crippen LogP contribution in [0.15, 0.2) is 48.5 Å². The van der Waals surface area contributed by atoms with Crippen molar-refractivity contribution in [3.63, 3.8) is 0 Å². The van der Waals surface area contributed by atoms with Crippen molar-refractivity contribution < 1.29 is 101 Å². The maximum Gasteiger partial charge on any atom is 0.490 e. The molecule has 0 aromatic heterocycles. The van der Waals surface area contributed by atoms with Crippen LogP contribution in [-0.4, -0.2) is 163 Å². The highest BCUT2D eigenvalue weighted by Crippen LogP contribution is 2.16. The fraction of sp³-hybridized carbons (Fsp3) is 0.468. The monoisotopic (exact) mass is 1160 g/mol. The van der Waals surface area contributed by atoms with E-state index >= 15 is 0 Å². The van der Waals surface area contributed by atoms with Crippen molar-refractivity contribution in [2.45, 2.75) is 126 Å². The largest absolute Gasteiger partial charge is 0.508 e. The first-order chi connectivity index (χ1) is 37.1. The van der Waals surface area contributed by atoms with Crippen molar-refractivity contribution in [2.24, 2.45) is 28.9 Å². The lowest BCUT2D eigenvalue weighted by atomic mass is 10.0. The van der Waals surface area contributed by atoms with Crippen LogP contribution >= 0.6 is 12.6 Å². The third-order valence-corrected chi connectivity index (χ3v) is 11.2. The molecule has 442 valence electrons. The second-order valence-corrected chi connectivity index (χ2v) is 18.4. The summed E-state index contributed by atoms with van der Waals surface area (Å²) < 4.78 is 31.7. The molecule has 0 heterocycles. The Labute approximate surface area is 458 Å². The molecular weight excluding hydrogens is 1100 g/mol. The first kappa shape index (κ1) is 69.3. The standard InChI is InChI=1S/C45H63N11O16S.C2HF3O2/c1-21(2)15-29(52-39(65)27(11-13-34(47)59)50-38(64)26(46)16-22-3-7-24(57)8-4-22)41(67)51-28(12-14-37(62)63)40(66)54-31(18-35(48)60)43(69)53-30(17-23-5-9-25(58)10-6-23)42(68)56-33(20-73)44(70)55-32(45(71)72)19-36(49)61;3-2(4,5)1(6)7/h3-10,21,26-33,57-58,73H,11-20,46H2,1-2H3,(H2,47,59)(H2,48,60)(H2,49,61)(H,50,64)(H,51,67)(H,52,65)(H,53,69)(H,54,66)(H,55,70)(H,56,68)(H,62,63)(H,71,72);(H,6,7). The minimum Gasteiger partial charge on any atom is -0.508 e. The number of rotatable bonds is 32. The third kappa shape index (κ3) is 27.0. The van der Waals surface area contributed by atoms with E-state index in [1.54, 1.807) is 13.8 Å². The molecule has 0 aliphatic rings. The number of phenolic OH excluding ortho intramolecular Hbond substituents is 2. The predicted octanol–water partition coefficient (Wildman–Crippen LogP) is -3.82. The second kappa shape index (κ2) is 33.5. The number of nitrogens with one attached hydrogen (secondary N) is 7. The lowest BCUT2D eigenvalue weighted by Gasteiger charge is -2.28. The lowest BCUT2D eigenvalue weighted by Crippen LogP contribution is -2.61. The molecule has 80 heavy (non-hydrogen) atoms. The summed E-state index contributed by atoms with van der Waals surface area (Å²) >= 11 is 4.05. The van der Waals surface area contributed by atoms with E-state index in [1.165, 1.54) is 48.5 Å². The molecule has 0 saturated heterocycles. The number of benzene rings is 2. The average molecular weight is 1160 g/mol. The van der Waals surface area contributed by atoms with Crippen LogP contribution in [0.25, 0.3) is 0 Å². The van der Waals surface area contributed by atoms with Gasteiger partial charge in [-0.05, 0) is 67.0 Å². The zero-order valence-corrected chi connectivity index (χ0v) is 43.7. The van der Waals surface area contributed by atoms with Crippen molar-refractivity contribution >= 4 is 89.6 Å². The van der Waals surface area contributed by atoms with Gasteiger partial charge in [-0.2, -0.15) is 25.8 Å². The predicted molar refractivity (Wildman–Crippen MR) is 273 cm³/mol. The number of nitrogens with two attached hydrogens (primary N) is 4. The number of carboxylic acid groups (broad SMARTS) is 3. The van der Waals surface area contributed by atoms with Gasteiger partial charge >= 0.3 is 24.1 Å². The Hall–Kier alpha value is -8.75. The first-order valence-corrected chi connectivity index (χ1v) is 24.4. The van der Waals surface area contributed by atoms with E-state index in [4.69, 9.17) is 32.8 Å². The van der Waals surface area contributed by atoms with Crippen molar-refractivity contribution in [1.82, 2.24) is 37.2 Å². The fourth-order valence-corrected chi connectivity index (χ4v) is 7.03. The number of primary amides is 3. The highest BCUT2D eigenvalue weighted by Gasteiger charge is 2.39. The molecule has 0 fully saturated rings. The summed E-state index contributed by atoms with van der Waals surface area (Å²) in [6.07, 6.45) is -9.45. The summed E-state index contributed by atoms with van der Waals surface area (Å²) in [4.78, 5) is 163. The van der Waals surface area contributed by atoms with Gasteiger partial charge < -0.3 is 85.7 Å². The van der Waals surface area contributed by atoms with Crippen LogP contribution in [0.3, 0.4) is 0 Å². The Balaban J connectivity index is 0.00000426. The number of alkyl halides is 3. The van der Waals surface area contributed by atoms with Crippen LogP contribution in [-0.2, 0) is 75.2 Å². The van der Waals surface area contributed by atoms with Crippen molar-refractivity contribution in [2.75, 3.05) is 5.75 Å². The molecule has 0 aliphatic carbocycles. The van der Waals surface area contributed by atoms with Crippen molar-refractivity contribution in [3.8, 4) is 11.5 Å². The molecular formula is C47H64F3N11O18S. The number of carbonyl (C=O) groups is 13. The molecule has 33 heteroatoms. The first-order valence-electron chi connectivity index (χ1n) is 23.8. The van der Waals surface area contributed by atoms with E-state index < -0.39 is 169 Å². The van der Waals surface area contributed by atoms with Gasteiger partial charge in [-0.15, -0.1) is 0 Å². The fourth-order valence-electron chi connectivity index (χ4n) is 6.77. The van der Waals surface area contributed by atoms with Crippen LogP contribution < -0.4 is 60.2 Å². The number of thiol groups is 1. The van der Waals surface area contributed by atoms with Gasteiger partial charge in [-0.25, -0.2) is 9.59 Å². The van der Waals surface area contributed by atoms with Gasteiger partial charge in [0, 0.05) is 25.0 Å². The average Bonchev–Trinajstić information content (AvgIpc) is 3.35. The molecule has 8 unspecified atom stereocenters. The summed E-state index contributed by atoms with van der Waals surface area (Å²) in [6.45, 7) is 3.35. The third-order valence-electron chi connectivity index (χ3n) is 10.8. The minimum absolute atomic E-state index is 0.0251. The van der Waals surface area contributed by atoms with E-state index in [1.807, 2.05) is 0 Å². The number of hydrogen-bond donors (Lipinski definition) is 17. The molecule has 0 radical (unpaired) electrons. The van der Waals surface area contributed by atoms with Gasteiger partial charge in [0.05, 0.1) is 18.9 Å². The summed E-state index contributed by atoms with van der Waals surface area (Å²) in [5, 5.41) is 61.7. The molecule has 20 N–H and O–H groups in total. The van der Waals surface area contributed by atoms with Gasteiger partial charge in [0.1, 0.15) is 53.8 Å². The molecule has 0 saturated carbocycles. The molecule has 0 aliphatic heterocycles. The number of phenols is 2. The van der Waals surface area contributed by atoms with Crippen LogP contribution in [0.1, 0.15) is 69.9 Å².